The summed E-state index contributed by atoms with van der Waals surface area (Å²) in [5, 5.41) is 0.499. The maximum absolute atomic E-state index is 13.0. The van der Waals surface area contributed by atoms with Gasteiger partial charge in [-0.25, -0.2) is 4.79 Å². The van der Waals surface area contributed by atoms with Crippen molar-refractivity contribution in [3.05, 3.63) is 92.7 Å². The number of esters is 1. The van der Waals surface area contributed by atoms with Crippen LogP contribution in [-0.4, -0.2) is 18.5 Å². The van der Waals surface area contributed by atoms with E-state index in [0.29, 0.717) is 51.1 Å². The molecule has 0 fully saturated rings. The Balaban J connectivity index is 1.45. The van der Waals surface area contributed by atoms with E-state index in [0.717, 1.165) is 11.1 Å². The number of halogens is 1. The summed E-state index contributed by atoms with van der Waals surface area (Å²) in [5.74, 6) is 0.679. The third-order valence-electron chi connectivity index (χ3n) is 5.48. The van der Waals surface area contributed by atoms with Gasteiger partial charge in [0.15, 0.2) is 12.6 Å². The van der Waals surface area contributed by atoms with Crippen LogP contribution in [-0.2, 0) is 11.3 Å². The average molecular weight is 463 g/mol. The first-order chi connectivity index (χ1) is 15.9. The zero-order valence-corrected chi connectivity index (χ0v) is 18.7. The molecule has 3 aromatic rings. The minimum absolute atomic E-state index is 0.120. The van der Waals surface area contributed by atoms with Gasteiger partial charge in [-0.3, -0.25) is 4.79 Å². The Labute approximate surface area is 195 Å². The standard InChI is InChI=1S/C26H19ClO6/c1-14-4-3-5-16(8-14)26(29)33-21-7-6-20-23(28)22(32-24(20)15(21)2)11-17-9-19(27)10-18-12-30-13-31-25(17)18/h3-11H,12-13H2,1-2H3/b22-11-. The van der Waals surface area contributed by atoms with Crippen molar-refractivity contribution in [2.45, 2.75) is 20.5 Å². The molecule has 0 spiro atoms. The van der Waals surface area contributed by atoms with Gasteiger partial charge in [-0.1, -0.05) is 29.3 Å². The van der Waals surface area contributed by atoms with E-state index in [-0.39, 0.29) is 18.3 Å². The number of carbonyl (C=O) groups is 2. The van der Waals surface area contributed by atoms with E-state index in [4.69, 9.17) is 30.5 Å². The SMILES string of the molecule is Cc1cccc(C(=O)Oc2ccc3c(c2C)O/C(=C\c2cc(Cl)cc4c2OCOC4)C3=O)c1. The minimum atomic E-state index is -0.480. The van der Waals surface area contributed by atoms with Crippen LogP contribution in [0, 0.1) is 13.8 Å². The normalized spacial score (nSPS) is 15.5. The first-order valence-electron chi connectivity index (χ1n) is 10.3. The van der Waals surface area contributed by atoms with Crippen LogP contribution in [0.2, 0.25) is 5.02 Å². The molecule has 7 heteroatoms. The number of allylic oxidation sites excluding steroid dienone is 1. The molecule has 3 aromatic carbocycles. The minimum Gasteiger partial charge on any atom is -0.467 e. The van der Waals surface area contributed by atoms with Crippen molar-refractivity contribution in [3.8, 4) is 17.2 Å². The second kappa shape index (κ2) is 8.39. The molecule has 0 saturated carbocycles. The molecule has 0 amide bonds. The van der Waals surface area contributed by atoms with Crippen molar-refractivity contribution >= 4 is 29.4 Å². The number of fused-ring (bicyclic) bond motifs is 2. The van der Waals surface area contributed by atoms with Crippen LogP contribution >= 0.6 is 11.6 Å². The molecular weight excluding hydrogens is 444 g/mol. The van der Waals surface area contributed by atoms with Crippen LogP contribution < -0.4 is 14.2 Å². The molecule has 0 atom stereocenters. The lowest BCUT2D eigenvalue weighted by atomic mass is 10.0. The van der Waals surface area contributed by atoms with Crippen molar-refractivity contribution in [3.63, 3.8) is 0 Å². The molecule has 6 nitrogen and oxygen atoms in total. The largest absolute Gasteiger partial charge is 0.467 e. The van der Waals surface area contributed by atoms with E-state index in [9.17, 15) is 9.59 Å². The number of ketones is 1. The molecule has 0 aromatic heterocycles. The van der Waals surface area contributed by atoms with E-state index in [1.54, 1.807) is 55.5 Å². The monoisotopic (exact) mass is 462 g/mol. The van der Waals surface area contributed by atoms with Crippen LogP contribution in [0.5, 0.6) is 17.2 Å². The predicted octanol–water partition coefficient (Wildman–Crippen LogP) is 5.66. The van der Waals surface area contributed by atoms with Gasteiger partial charge in [0.1, 0.15) is 17.2 Å². The molecule has 2 aliphatic heterocycles. The summed E-state index contributed by atoms with van der Waals surface area (Å²) in [5.41, 5.74) is 3.78. The Morgan fingerprint density at radius 1 is 1.09 bits per heavy atom. The molecule has 0 N–H and O–H groups in total. The fourth-order valence-corrected chi connectivity index (χ4v) is 4.12. The topological polar surface area (TPSA) is 71.1 Å². The highest BCUT2D eigenvalue weighted by atomic mass is 35.5. The highest BCUT2D eigenvalue weighted by molar-refractivity contribution is 6.31. The maximum Gasteiger partial charge on any atom is 0.343 e. The molecule has 0 saturated heterocycles. The van der Waals surface area contributed by atoms with Gasteiger partial charge in [0.05, 0.1) is 17.7 Å². The molecule has 0 unspecified atom stereocenters. The Hall–Kier alpha value is -3.61. The van der Waals surface area contributed by atoms with Crippen molar-refractivity contribution < 1.29 is 28.5 Å². The van der Waals surface area contributed by atoms with Gasteiger partial charge in [-0.2, -0.15) is 0 Å². The number of aryl methyl sites for hydroxylation is 1. The number of ether oxygens (including phenoxy) is 4. The van der Waals surface area contributed by atoms with E-state index in [1.807, 2.05) is 13.0 Å². The highest BCUT2D eigenvalue weighted by Crippen LogP contribution is 2.41. The fraction of sp³-hybridized carbons (Fsp3) is 0.154. The number of hydrogen-bond acceptors (Lipinski definition) is 6. The molecule has 0 aliphatic carbocycles. The van der Waals surface area contributed by atoms with E-state index >= 15 is 0 Å². The van der Waals surface area contributed by atoms with Gasteiger partial charge in [0, 0.05) is 21.7 Å². The Morgan fingerprint density at radius 3 is 2.76 bits per heavy atom. The predicted molar refractivity (Wildman–Crippen MR) is 122 cm³/mol. The third-order valence-corrected chi connectivity index (χ3v) is 5.70. The molecule has 2 heterocycles. The van der Waals surface area contributed by atoms with Crippen LogP contribution in [0.3, 0.4) is 0 Å². The second-order valence-corrected chi connectivity index (χ2v) is 8.29. The zero-order chi connectivity index (χ0) is 23.1. The zero-order valence-electron chi connectivity index (χ0n) is 17.9. The quantitative estimate of drug-likeness (QED) is 0.284. The van der Waals surface area contributed by atoms with E-state index in [1.165, 1.54) is 0 Å². The molecule has 33 heavy (non-hydrogen) atoms. The van der Waals surface area contributed by atoms with Gasteiger partial charge >= 0.3 is 5.97 Å². The summed E-state index contributed by atoms with van der Waals surface area (Å²) in [6.45, 7) is 4.14. The maximum atomic E-state index is 13.0. The number of benzene rings is 3. The first-order valence-corrected chi connectivity index (χ1v) is 10.7. The van der Waals surface area contributed by atoms with E-state index < -0.39 is 5.97 Å². The summed E-state index contributed by atoms with van der Waals surface area (Å²) >= 11 is 6.23. The first kappa shape index (κ1) is 21.2. The molecule has 5 rings (SSSR count). The summed E-state index contributed by atoms with van der Waals surface area (Å²) < 4.78 is 22.4. The molecule has 0 radical (unpaired) electrons. The van der Waals surface area contributed by atoms with Crippen molar-refractivity contribution in [1.29, 1.82) is 0 Å². The number of hydrogen-bond donors (Lipinski definition) is 0. The third kappa shape index (κ3) is 3.99. The van der Waals surface area contributed by atoms with Crippen LogP contribution in [0.25, 0.3) is 6.08 Å². The summed E-state index contributed by atoms with van der Waals surface area (Å²) in [7, 11) is 0. The molecular formula is C26H19ClO6. The summed E-state index contributed by atoms with van der Waals surface area (Å²) in [6, 6.07) is 13.8. The lowest BCUT2D eigenvalue weighted by Crippen LogP contribution is -2.12. The number of rotatable bonds is 3. The highest BCUT2D eigenvalue weighted by Gasteiger charge is 2.31. The van der Waals surface area contributed by atoms with Gasteiger partial charge in [0.2, 0.25) is 5.78 Å². The number of Topliss-reactive ketones (excluding diaryl/α,β-unsaturated/α-hetero) is 1. The number of carbonyl (C=O) groups excluding carboxylic acids is 2. The molecule has 0 bridgehead atoms. The Kier molecular flexibility index (Phi) is 5.40. The average Bonchev–Trinajstić information content (AvgIpc) is 3.11. The fourth-order valence-electron chi connectivity index (χ4n) is 3.87. The lowest BCUT2D eigenvalue weighted by Gasteiger charge is -2.20. The van der Waals surface area contributed by atoms with Crippen molar-refractivity contribution in [2.24, 2.45) is 0 Å². The molecule has 166 valence electrons. The van der Waals surface area contributed by atoms with Gasteiger partial charge in [-0.05, 0) is 56.3 Å². The second-order valence-electron chi connectivity index (χ2n) is 7.86. The Morgan fingerprint density at radius 2 is 1.94 bits per heavy atom. The summed E-state index contributed by atoms with van der Waals surface area (Å²) in [6.07, 6.45) is 1.61. The van der Waals surface area contributed by atoms with Gasteiger partial charge in [-0.15, -0.1) is 0 Å². The summed E-state index contributed by atoms with van der Waals surface area (Å²) in [4.78, 5) is 25.6. The lowest BCUT2D eigenvalue weighted by molar-refractivity contribution is -0.0165. The van der Waals surface area contributed by atoms with Crippen LogP contribution in [0.1, 0.15) is 43.0 Å². The van der Waals surface area contributed by atoms with Crippen LogP contribution in [0.4, 0.5) is 0 Å². The van der Waals surface area contributed by atoms with E-state index in [2.05, 4.69) is 0 Å². The van der Waals surface area contributed by atoms with Gasteiger partial charge in [0.25, 0.3) is 0 Å². The van der Waals surface area contributed by atoms with Crippen LogP contribution in [0.15, 0.2) is 54.3 Å². The van der Waals surface area contributed by atoms with Gasteiger partial charge < -0.3 is 18.9 Å². The smallest absolute Gasteiger partial charge is 0.343 e. The molecule has 2 aliphatic rings. The van der Waals surface area contributed by atoms with Crippen molar-refractivity contribution in [2.75, 3.05) is 6.79 Å². The van der Waals surface area contributed by atoms with Crippen molar-refractivity contribution in [1.82, 2.24) is 0 Å². The Bertz CT molecular complexity index is 1340.